The van der Waals surface area contributed by atoms with Crippen molar-refractivity contribution in [2.24, 2.45) is 0 Å². The topological polar surface area (TPSA) is 52.6 Å². The highest BCUT2D eigenvalue weighted by atomic mass is 19.1. The van der Waals surface area contributed by atoms with Gasteiger partial charge in [0.25, 0.3) is 0 Å². The molecule has 0 saturated carbocycles. The van der Waals surface area contributed by atoms with Crippen LogP contribution in [0.15, 0.2) is 24.3 Å². The molecule has 0 aliphatic rings. The Kier molecular flexibility index (Phi) is 6.89. The van der Waals surface area contributed by atoms with Crippen LogP contribution >= 0.6 is 0 Å². The zero-order valence-electron chi connectivity index (χ0n) is 11.2. The molecule has 19 heavy (non-hydrogen) atoms. The average molecular weight is 268 g/mol. The number of carbonyl (C=O) groups excluding carboxylic acids is 1. The fourth-order valence-electron chi connectivity index (χ4n) is 1.75. The predicted octanol–water partition coefficient (Wildman–Crippen LogP) is 2.84. The third-order valence-electron chi connectivity index (χ3n) is 2.80. The molecule has 2 N–H and O–H groups in total. The van der Waals surface area contributed by atoms with E-state index in [2.05, 4.69) is 12.2 Å². The number of nitrogens with zero attached hydrogens (tertiary/aromatic N) is 1. The number of amides is 2. The van der Waals surface area contributed by atoms with Crippen LogP contribution in [-0.4, -0.2) is 35.7 Å². The zero-order valence-corrected chi connectivity index (χ0v) is 11.2. The van der Waals surface area contributed by atoms with Gasteiger partial charge in [-0.2, -0.15) is 0 Å². The van der Waals surface area contributed by atoms with E-state index in [1.165, 1.54) is 17.0 Å². The first-order chi connectivity index (χ1) is 9.19. The summed E-state index contributed by atoms with van der Waals surface area (Å²) in [7, 11) is 0. The number of benzene rings is 1. The van der Waals surface area contributed by atoms with Crippen LogP contribution in [0.1, 0.15) is 26.2 Å². The van der Waals surface area contributed by atoms with Crippen molar-refractivity contribution in [2.45, 2.75) is 26.2 Å². The van der Waals surface area contributed by atoms with Gasteiger partial charge >= 0.3 is 6.03 Å². The van der Waals surface area contributed by atoms with E-state index in [1.807, 2.05) is 0 Å². The van der Waals surface area contributed by atoms with Crippen LogP contribution in [0.4, 0.5) is 14.9 Å². The van der Waals surface area contributed by atoms with E-state index in [1.54, 1.807) is 12.1 Å². The minimum absolute atomic E-state index is 0.100. The third kappa shape index (κ3) is 5.26. The molecular weight excluding hydrogens is 247 g/mol. The second-order valence-corrected chi connectivity index (χ2v) is 4.33. The number of aliphatic hydroxyl groups excluding tert-OH is 1. The van der Waals surface area contributed by atoms with Crippen LogP contribution in [0.2, 0.25) is 0 Å². The first kappa shape index (κ1) is 15.4. The number of carbonyl (C=O) groups is 1. The molecule has 1 aromatic rings. The molecule has 0 unspecified atom stereocenters. The van der Waals surface area contributed by atoms with Crippen LogP contribution < -0.4 is 5.32 Å². The van der Waals surface area contributed by atoms with Crippen molar-refractivity contribution in [3.63, 3.8) is 0 Å². The van der Waals surface area contributed by atoms with Gasteiger partial charge in [0.15, 0.2) is 0 Å². The quantitative estimate of drug-likeness (QED) is 0.747. The number of nitrogens with one attached hydrogen (secondary N) is 1. The summed E-state index contributed by atoms with van der Waals surface area (Å²) in [5.74, 6) is -0.464. The fourth-order valence-corrected chi connectivity index (χ4v) is 1.75. The Morgan fingerprint density at radius 2 is 2.05 bits per heavy atom. The number of hydrogen-bond donors (Lipinski definition) is 2. The van der Waals surface area contributed by atoms with Crippen LogP contribution in [0.5, 0.6) is 0 Å². The first-order valence-corrected chi connectivity index (χ1v) is 6.60. The van der Waals surface area contributed by atoms with E-state index in [9.17, 15) is 9.18 Å². The summed E-state index contributed by atoms with van der Waals surface area (Å²) in [6, 6.07) is 5.65. The molecule has 0 bridgehead atoms. The molecule has 0 aromatic heterocycles. The van der Waals surface area contributed by atoms with E-state index in [-0.39, 0.29) is 24.9 Å². The minimum Gasteiger partial charge on any atom is -0.395 e. The molecule has 1 aromatic carbocycles. The van der Waals surface area contributed by atoms with Gasteiger partial charge in [-0.1, -0.05) is 31.9 Å². The summed E-state index contributed by atoms with van der Waals surface area (Å²) in [6.45, 7) is 2.80. The summed E-state index contributed by atoms with van der Waals surface area (Å²) in [5.41, 5.74) is 0.158. The van der Waals surface area contributed by atoms with Gasteiger partial charge in [-0.05, 0) is 18.6 Å². The standard InChI is InChI=1S/C14H21FN2O2/c1-2-3-6-9-17(10-11-18)14(19)16-13-8-5-4-7-12(13)15/h4-5,7-8,18H,2-3,6,9-11H2,1H3,(H,16,19). The molecule has 5 heteroatoms. The molecule has 0 radical (unpaired) electrons. The molecular formula is C14H21FN2O2. The SMILES string of the molecule is CCCCCN(CCO)C(=O)Nc1ccccc1F. The molecule has 0 aliphatic heterocycles. The largest absolute Gasteiger partial charge is 0.395 e. The number of anilines is 1. The van der Waals surface area contributed by atoms with Crippen molar-refractivity contribution in [1.29, 1.82) is 0 Å². The van der Waals surface area contributed by atoms with Gasteiger partial charge in [-0.15, -0.1) is 0 Å². The van der Waals surface area contributed by atoms with Crippen molar-refractivity contribution in [3.05, 3.63) is 30.1 Å². The maximum absolute atomic E-state index is 13.4. The molecule has 1 rings (SSSR count). The Hall–Kier alpha value is -1.62. The molecule has 0 aliphatic carbocycles. The summed E-state index contributed by atoms with van der Waals surface area (Å²) >= 11 is 0. The number of rotatable bonds is 7. The van der Waals surface area contributed by atoms with Crippen LogP contribution in [0.25, 0.3) is 0 Å². The van der Waals surface area contributed by atoms with E-state index in [0.29, 0.717) is 6.54 Å². The summed E-state index contributed by atoms with van der Waals surface area (Å²) in [5, 5.41) is 11.5. The minimum atomic E-state index is -0.464. The fraction of sp³-hybridized carbons (Fsp3) is 0.500. The highest BCUT2D eigenvalue weighted by Gasteiger charge is 2.14. The van der Waals surface area contributed by atoms with Gasteiger partial charge in [-0.3, -0.25) is 0 Å². The van der Waals surface area contributed by atoms with Crippen molar-refractivity contribution in [1.82, 2.24) is 4.90 Å². The highest BCUT2D eigenvalue weighted by molar-refractivity contribution is 5.89. The third-order valence-corrected chi connectivity index (χ3v) is 2.80. The van der Waals surface area contributed by atoms with Crippen molar-refractivity contribution in [2.75, 3.05) is 25.0 Å². The van der Waals surface area contributed by atoms with Gasteiger partial charge in [-0.25, -0.2) is 9.18 Å². The van der Waals surface area contributed by atoms with E-state index in [0.717, 1.165) is 19.3 Å². The highest BCUT2D eigenvalue weighted by Crippen LogP contribution is 2.13. The Labute approximate surface area is 113 Å². The van der Waals surface area contributed by atoms with Crippen LogP contribution in [-0.2, 0) is 0 Å². The lowest BCUT2D eigenvalue weighted by Gasteiger charge is -2.22. The Morgan fingerprint density at radius 3 is 2.68 bits per heavy atom. The molecule has 0 heterocycles. The van der Waals surface area contributed by atoms with E-state index >= 15 is 0 Å². The van der Waals surface area contributed by atoms with Crippen molar-refractivity contribution in [3.8, 4) is 0 Å². The maximum atomic E-state index is 13.4. The lowest BCUT2D eigenvalue weighted by atomic mass is 10.2. The monoisotopic (exact) mass is 268 g/mol. The molecule has 0 saturated heterocycles. The Bertz CT molecular complexity index is 399. The average Bonchev–Trinajstić information content (AvgIpc) is 2.40. The van der Waals surface area contributed by atoms with E-state index < -0.39 is 5.82 Å². The molecule has 0 fully saturated rings. The van der Waals surface area contributed by atoms with E-state index in [4.69, 9.17) is 5.11 Å². The van der Waals surface area contributed by atoms with Gasteiger partial charge in [0.2, 0.25) is 0 Å². The predicted molar refractivity (Wildman–Crippen MR) is 73.6 cm³/mol. The molecule has 0 spiro atoms. The second-order valence-electron chi connectivity index (χ2n) is 4.33. The normalized spacial score (nSPS) is 10.3. The smallest absolute Gasteiger partial charge is 0.322 e. The lowest BCUT2D eigenvalue weighted by molar-refractivity contribution is 0.187. The second kappa shape index (κ2) is 8.48. The number of halogens is 1. The number of para-hydroxylation sites is 1. The zero-order chi connectivity index (χ0) is 14.1. The summed E-state index contributed by atoms with van der Waals surface area (Å²) in [4.78, 5) is 13.5. The number of unbranched alkanes of at least 4 members (excludes halogenated alkanes) is 2. The molecule has 4 nitrogen and oxygen atoms in total. The van der Waals surface area contributed by atoms with Gasteiger partial charge in [0.1, 0.15) is 5.82 Å². The van der Waals surface area contributed by atoms with Gasteiger partial charge < -0.3 is 15.3 Å². The Balaban J connectivity index is 2.58. The van der Waals surface area contributed by atoms with Gasteiger partial charge in [0, 0.05) is 13.1 Å². The lowest BCUT2D eigenvalue weighted by Crippen LogP contribution is -2.38. The van der Waals surface area contributed by atoms with Gasteiger partial charge in [0.05, 0.1) is 12.3 Å². The Morgan fingerprint density at radius 1 is 1.32 bits per heavy atom. The maximum Gasteiger partial charge on any atom is 0.322 e. The first-order valence-electron chi connectivity index (χ1n) is 6.60. The molecule has 0 atom stereocenters. The molecule has 106 valence electrons. The number of hydrogen-bond acceptors (Lipinski definition) is 2. The summed E-state index contributed by atoms with van der Waals surface area (Å²) < 4.78 is 13.4. The number of urea groups is 1. The van der Waals surface area contributed by atoms with Crippen LogP contribution in [0.3, 0.4) is 0 Å². The van der Waals surface area contributed by atoms with Crippen LogP contribution in [0, 0.1) is 5.82 Å². The molecule has 2 amide bonds. The number of aliphatic hydroxyl groups is 1. The van der Waals surface area contributed by atoms with Crippen molar-refractivity contribution < 1.29 is 14.3 Å². The van der Waals surface area contributed by atoms with Crippen molar-refractivity contribution >= 4 is 11.7 Å². The summed E-state index contributed by atoms with van der Waals surface area (Å²) in [6.07, 6.45) is 2.96.